The summed E-state index contributed by atoms with van der Waals surface area (Å²) in [6.45, 7) is 3.41. The van der Waals surface area contributed by atoms with Crippen molar-refractivity contribution in [2.45, 2.75) is 37.6 Å². The van der Waals surface area contributed by atoms with Gasteiger partial charge >= 0.3 is 0 Å². The van der Waals surface area contributed by atoms with Gasteiger partial charge in [-0.15, -0.1) is 0 Å². The van der Waals surface area contributed by atoms with Crippen molar-refractivity contribution in [3.05, 3.63) is 48.0 Å². The Morgan fingerprint density at radius 3 is 2.79 bits per heavy atom. The minimum Gasteiger partial charge on any atom is -0.360 e. The number of amides is 1. The summed E-state index contributed by atoms with van der Waals surface area (Å²) >= 11 is 0. The number of nitrogens with one attached hydrogen (secondary N) is 1. The number of anilines is 1. The van der Waals surface area contributed by atoms with Gasteiger partial charge in [0.1, 0.15) is 16.6 Å². The van der Waals surface area contributed by atoms with Crippen LogP contribution in [0, 0.1) is 13.8 Å². The Labute approximate surface area is 162 Å². The predicted molar refractivity (Wildman–Crippen MR) is 103 cm³/mol. The molecule has 0 saturated carbocycles. The predicted octanol–water partition coefficient (Wildman–Crippen LogP) is 2.63. The van der Waals surface area contributed by atoms with Gasteiger partial charge in [-0.2, -0.15) is 4.31 Å². The molecule has 4 rings (SSSR count). The molecule has 1 atom stereocenters. The number of nitrogens with zero attached hydrogens (tertiary/aromatic N) is 3. The molecule has 2 aromatic heterocycles. The third-order valence-corrected chi connectivity index (χ3v) is 7.08. The fourth-order valence-corrected chi connectivity index (χ4v) is 5.62. The van der Waals surface area contributed by atoms with Crippen LogP contribution in [0.25, 0.3) is 10.9 Å². The Bertz CT molecular complexity index is 1130. The molecule has 28 heavy (non-hydrogen) atoms. The van der Waals surface area contributed by atoms with E-state index in [1.54, 1.807) is 26.1 Å². The number of carbonyl (C=O) groups is 1. The molecule has 1 fully saturated rings. The maximum atomic E-state index is 13.2. The molecule has 0 unspecified atom stereocenters. The number of benzene rings is 1. The van der Waals surface area contributed by atoms with Gasteiger partial charge in [0.15, 0.2) is 5.76 Å². The Morgan fingerprint density at radius 1 is 1.25 bits per heavy atom. The zero-order chi connectivity index (χ0) is 19.9. The van der Waals surface area contributed by atoms with Crippen LogP contribution in [0.1, 0.15) is 24.3 Å². The van der Waals surface area contributed by atoms with Crippen molar-refractivity contribution < 1.29 is 17.7 Å². The molecule has 1 N–H and O–H groups in total. The van der Waals surface area contributed by atoms with E-state index in [2.05, 4.69) is 15.5 Å². The van der Waals surface area contributed by atoms with Crippen molar-refractivity contribution in [1.29, 1.82) is 0 Å². The van der Waals surface area contributed by atoms with Crippen molar-refractivity contribution in [3.63, 3.8) is 0 Å². The van der Waals surface area contributed by atoms with E-state index in [1.165, 1.54) is 4.31 Å². The molecular weight excluding hydrogens is 380 g/mol. The van der Waals surface area contributed by atoms with E-state index in [-0.39, 0.29) is 23.1 Å². The lowest BCUT2D eigenvalue weighted by Gasteiger charge is -2.23. The number of carbonyl (C=O) groups excluding carboxylic acids is 1. The third-order valence-electron chi connectivity index (χ3n) is 4.93. The number of fused-ring (bicyclic) bond motifs is 1. The first-order valence-corrected chi connectivity index (χ1v) is 10.4. The number of hydrogen-bond acceptors (Lipinski definition) is 6. The quantitative estimate of drug-likeness (QED) is 0.722. The van der Waals surface area contributed by atoms with Crippen molar-refractivity contribution >= 4 is 32.5 Å². The molecule has 0 bridgehead atoms. The number of sulfonamides is 1. The van der Waals surface area contributed by atoms with Gasteiger partial charge in [0, 0.05) is 18.1 Å². The second-order valence-corrected chi connectivity index (χ2v) is 8.62. The highest BCUT2D eigenvalue weighted by molar-refractivity contribution is 7.89. The summed E-state index contributed by atoms with van der Waals surface area (Å²) in [7, 11) is -3.89. The average Bonchev–Trinajstić information content (AvgIpc) is 3.29. The molecule has 1 amide bonds. The highest BCUT2D eigenvalue weighted by Gasteiger charge is 2.42. The van der Waals surface area contributed by atoms with Gasteiger partial charge in [0.2, 0.25) is 15.9 Å². The average molecular weight is 400 g/mol. The van der Waals surface area contributed by atoms with Crippen LogP contribution in [-0.4, -0.2) is 41.4 Å². The first-order valence-electron chi connectivity index (χ1n) is 8.99. The minimum atomic E-state index is -3.89. The molecule has 1 aliphatic rings. The Balaban J connectivity index is 1.64. The van der Waals surface area contributed by atoms with E-state index in [9.17, 15) is 13.2 Å². The standard InChI is InChI=1S/C19H20N4O4S/c1-12-18(13(2)27-22-12)28(25,26)23-11-5-9-16(23)19(24)21-15-8-3-6-14-7-4-10-20-17(14)15/h3-4,6-8,10,16H,5,9,11H2,1-2H3,(H,21,24)/t16-/m0/s1. The second kappa shape index (κ2) is 6.99. The summed E-state index contributed by atoms with van der Waals surface area (Å²) < 4.78 is 32.6. The number of hydrogen-bond donors (Lipinski definition) is 1. The number of para-hydroxylation sites is 1. The SMILES string of the molecule is Cc1noc(C)c1S(=O)(=O)N1CCC[C@H]1C(=O)Nc1cccc2cccnc12. The molecular formula is C19H20N4O4S. The number of pyridine rings is 1. The van der Waals surface area contributed by atoms with Gasteiger partial charge in [-0.25, -0.2) is 8.42 Å². The summed E-state index contributed by atoms with van der Waals surface area (Å²) in [6, 6.07) is 8.42. The van der Waals surface area contributed by atoms with Crippen molar-refractivity contribution in [2.24, 2.45) is 0 Å². The van der Waals surface area contributed by atoms with Crippen LogP contribution in [-0.2, 0) is 14.8 Å². The highest BCUT2D eigenvalue weighted by Crippen LogP contribution is 2.31. The van der Waals surface area contributed by atoms with Gasteiger partial charge in [-0.3, -0.25) is 9.78 Å². The van der Waals surface area contributed by atoms with Crippen molar-refractivity contribution in [2.75, 3.05) is 11.9 Å². The number of aryl methyl sites for hydroxylation is 2. The Kier molecular flexibility index (Phi) is 4.64. The summed E-state index contributed by atoms with van der Waals surface area (Å²) in [6.07, 6.45) is 2.71. The first kappa shape index (κ1) is 18.6. The fraction of sp³-hybridized carbons (Fsp3) is 0.316. The van der Waals surface area contributed by atoms with E-state index in [1.807, 2.05) is 24.3 Å². The van der Waals surface area contributed by atoms with Crippen LogP contribution in [0.3, 0.4) is 0 Å². The maximum absolute atomic E-state index is 13.2. The van der Waals surface area contributed by atoms with Gasteiger partial charge in [0.25, 0.3) is 0 Å². The lowest BCUT2D eigenvalue weighted by atomic mass is 10.1. The molecule has 3 heterocycles. The monoisotopic (exact) mass is 400 g/mol. The molecule has 0 aliphatic carbocycles. The van der Waals surface area contributed by atoms with Crippen LogP contribution in [0.4, 0.5) is 5.69 Å². The maximum Gasteiger partial charge on any atom is 0.249 e. The first-order chi connectivity index (χ1) is 13.4. The van der Waals surface area contributed by atoms with Gasteiger partial charge in [-0.1, -0.05) is 23.4 Å². The summed E-state index contributed by atoms with van der Waals surface area (Å²) in [5, 5.41) is 7.49. The number of aromatic nitrogens is 2. The van der Waals surface area contributed by atoms with Gasteiger partial charge in [0.05, 0.1) is 11.2 Å². The van der Waals surface area contributed by atoms with E-state index in [0.29, 0.717) is 29.7 Å². The molecule has 9 heteroatoms. The van der Waals surface area contributed by atoms with Crippen LogP contribution >= 0.6 is 0 Å². The molecule has 146 valence electrons. The van der Waals surface area contributed by atoms with E-state index >= 15 is 0 Å². The van der Waals surface area contributed by atoms with E-state index in [4.69, 9.17) is 4.52 Å². The molecule has 3 aromatic rings. The van der Waals surface area contributed by atoms with Crippen molar-refractivity contribution in [3.8, 4) is 0 Å². The summed E-state index contributed by atoms with van der Waals surface area (Å²) in [5.74, 6) is -0.146. The second-order valence-electron chi connectivity index (χ2n) is 6.80. The smallest absolute Gasteiger partial charge is 0.249 e. The Hall–Kier alpha value is -2.78. The molecule has 8 nitrogen and oxygen atoms in total. The van der Waals surface area contributed by atoms with Gasteiger partial charge < -0.3 is 9.84 Å². The largest absolute Gasteiger partial charge is 0.360 e. The van der Waals surface area contributed by atoms with E-state index in [0.717, 1.165) is 5.39 Å². The van der Waals surface area contributed by atoms with Crippen LogP contribution < -0.4 is 5.32 Å². The molecule has 0 radical (unpaired) electrons. The fourth-order valence-electron chi connectivity index (χ4n) is 3.67. The highest BCUT2D eigenvalue weighted by atomic mass is 32.2. The minimum absolute atomic E-state index is 0.0408. The topological polar surface area (TPSA) is 105 Å². The van der Waals surface area contributed by atoms with Crippen LogP contribution in [0.2, 0.25) is 0 Å². The summed E-state index contributed by atoms with van der Waals surface area (Å²) in [4.78, 5) is 17.3. The number of rotatable bonds is 4. The summed E-state index contributed by atoms with van der Waals surface area (Å²) in [5.41, 5.74) is 1.52. The molecule has 1 aromatic carbocycles. The van der Waals surface area contributed by atoms with E-state index < -0.39 is 16.1 Å². The molecule has 0 spiro atoms. The lowest BCUT2D eigenvalue weighted by molar-refractivity contribution is -0.119. The lowest BCUT2D eigenvalue weighted by Crippen LogP contribution is -2.43. The van der Waals surface area contributed by atoms with Crippen LogP contribution in [0.5, 0.6) is 0 Å². The Morgan fingerprint density at radius 2 is 2.04 bits per heavy atom. The third kappa shape index (κ3) is 3.06. The van der Waals surface area contributed by atoms with Crippen LogP contribution in [0.15, 0.2) is 45.9 Å². The van der Waals surface area contributed by atoms with Crippen molar-refractivity contribution in [1.82, 2.24) is 14.4 Å². The molecule has 1 saturated heterocycles. The normalized spacial score (nSPS) is 17.9. The zero-order valence-electron chi connectivity index (χ0n) is 15.5. The molecule has 1 aliphatic heterocycles. The zero-order valence-corrected chi connectivity index (χ0v) is 16.4. The van der Waals surface area contributed by atoms with Gasteiger partial charge in [-0.05, 0) is 38.8 Å².